The fraction of sp³-hybridized carbons (Fsp3) is 0.471. The molecule has 0 aliphatic carbocycles. The Hall–Kier alpha value is -2.45. The lowest BCUT2D eigenvalue weighted by molar-refractivity contribution is -0.124. The van der Waals surface area contributed by atoms with Gasteiger partial charge in [0.15, 0.2) is 0 Å². The second kappa shape index (κ2) is 6.81. The molecule has 1 amide bonds. The second-order valence-corrected chi connectivity index (χ2v) is 6.43. The molecule has 1 spiro atoms. The van der Waals surface area contributed by atoms with Crippen molar-refractivity contribution in [3.63, 3.8) is 0 Å². The van der Waals surface area contributed by atoms with Crippen molar-refractivity contribution in [1.29, 1.82) is 0 Å². The zero-order chi connectivity index (χ0) is 17.1. The third-order valence-corrected chi connectivity index (χ3v) is 4.64. The molecule has 4 rings (SSSR count). The summed E-state index contributed by atoms with van der Waals surface area (Å²) in [4.78, 5) is 27.8. The van der Waals surface area contributed by atoms with Crippen LogP contribution in [0.4, 0.5) is 5.69 Å². The number of aromatic amines is 1. The molecule has 8 heteroatoms. The number of carbonyl (C=O) groups excluding carboxylic acids is 1. The molecule has 25 heavy (non-hydrogen) atoms. The van der Waals surface area contributed by atoms with Crippen molar-refractivity contribution < 1.29 is 14.3 Å². The zero-order valence-corrected chi connectivity index (χ0v) is 13.9. The van der Waals surface area contributed by atoms with Crippen LogP contribution >= 0.6 is 0 Å². The summed E-state index contributed by atoms with van der Waals surface area (Å²) in [6.45, 7) is 4.03. The van der Waals surface area contributed by atoms with Gasteiger partial charge in [0.2, 0.25) is 0 Å². The van der Waals surface area contributed by atoms with Crippen LogP contribution < -0.4 is 4.90 Å². The van der Waals surface area contributed by atoms with Gasteiger partial charge in [-0.25, -0.2) is 9.97 Å². The predicted octanol–water partition coefficient (Wildman–Crippen LogP) is 0.553. The molecule has 2 fully saturated rings. The van der Waals surface area contributed by atoms with E-state index in [0.717, 1.165) is 12.2 Å². The predicted molar refractivity (Wildman–Crippen MR) is 90.4 cm³/mol. The van der Waals surface area contributed by atoms with E-state index in [1.54, 1.807) is 30.9 Å². The minimum Gasteiger partial charge on any atom is -0.376 e. The molecule has 2 saturated heterocycles. The Morgan fingerprint density at radius 2 is 2.08 bits per heavy atom. The van der Waals surface area contributed by atoms with Crippen LogP contribution in [0.15, 0.2) is 37.2 Å². The minimum atomic E-state index is -0.545. The van der Waals surface area contributed by atoms with Gasteiger partial charge in [0.05, 0.1) is 56.6 Å². The van der Waals surface area contributed by atoms with Gasteiger partial charge in [-0.15, -0.1) is 0 Å². The van der Waals surface area contributed by atoms with E-state index in [0.29, 0.717) is 45.0 Å². The van der Waals surface area contributed by atoms with Crippen molar-refractivity contribution in [1.82, 2.24) is 19.9 Å². The highest BCUT2D eigenvalue weighted by Crippen LogP contribution is 2.26. The molecule has 2 aliphatic rings. The lowest BCUT2D eigenvalue weighted by atomic mass is 10.0. The van der Waals surface area contributed by atoms with Crippen molar-refractivity contribution in [2.45, 2.75) is 5.60 Å². The van der Waals surface area contributed by atoms with Crippen LogP contribution in [0.5, 0.6) is 0 Å². The maximum Gasteiger partial charge on any atom is 0.255 e. The Kier molecular flexibility index (Phi) is 4.37. The Labute approximate surface area is 145 Å². The summed E-state index contributed by atoms with van der Waals surface area (Å²) < 4.78 is 11.9. The number of anilines is 1. The quantitative estimate of drug-likeness (QED) is 0.857. The number of ether oxygens (including phenoxy) is 2. The fourth-order valence-corrected chi connectivity index (χ4v) is 3.42. The number of rotatable bonds is 2. The number of H-pyrrole nitrogens is 1. The van der Waals surface area contributed by atoms with E-state index in [1.807, 2.05) is 4.90 Å². The molecular formula is C17H21N5O3. The third-order valence-electron chi connectivity index (χ3n) is 4.64. The van der Waals surface area contributed by atoms with Crippen LogP contribution in [0.2, 0.25) is 0 Å². The van der Waals surface area contributed by atoms with Gasteiger partial charge >= 0.3 is 0 Å². The van der Waals surface area contributed by atoms with Crippen LogP contribution in [0, 0.1) is 0 Å². The molecule has 2 aromatic heterocycles. The molecular weight excluding hydrogens is 322 g/mol. The van der Waals surface area contributed by atoms with E-state index in [-0.39, 0.29) is 5.91 Å². The van der Waals surface area contributed by atoms with E-state index >= 15 is 0 Å². The van der Waals surface area contributed by atoms with Gasteiger partial charge in [-0.3, -0.25) is 4.79 Å². The number of hydrogen-bond acceptors (Lipinski definition) is 6. The Balaban J connectivity index is 1.53. The van der Waals surface area contributed by atoms with Crippen LogP contribution in [0.25, 0.3) is 0 Å². The van der Waals surface area contributed by atoms with E-state index in [2.05, 4.69) is 19.9 Å². The van der Waals surface area contributed by atoms with Gasteiger partial charge in [-0.1, -0.05) is 0 Å². The molecule has 2 aromatic rings. The molecule has 1 unspecified atom stereocenters. The summed E-state index contributed by atoms with van der Waals surface area (Å²) in [5.41, 5.74) is 1.06. The Morgan fingerprint density at radius 1 is 1.20 bits per heavy atom. The lowest BCUT2D eigenvalue weighted by Gasteiger charge is -2.43. The van der Waals surface area contributed by atoms with E-state index in [4.69, 9.17) is 9.47 Å². The first-order valence-electron chi connectivity index (χ1n) is 8.40. The number of morpholine rings is 1. The molecule has 1 N–H and O–H groups in total. The highest BCUT2D eigenvalue weighted by atomic mass is 16.5. The summed E-state index contributed by atoms with van der Waals surface area (Å²) in [6, 6.07) is 1.79. The molecule has 1 atom stereocenters. The molecule has 132 valence electrons. The molecule has 8 nitrogen and oxygen atoms in total. The monoisotopic (exact) mass is 343 g/mol. The van der Waals surface area contributed by atoms with E-state index in [1.165, 1.54) is 6.33 Å². The normalized spacial score (nSPS) is 24.3. The number of nitrogens with one attached hydrogen (secondary N) is 1. The van der Waals surface area contributed by atoms with Crippen LogP contribution in [-0.2, 0) is 9.47 Å². The highest BCUT2D eigenvalue weighted by Gasteiger charge is 2.42. The number of aromatic nitrogens is 3. The lowest BCUT2D eigenvalue weighted by Crippen LogP contribution is -2.60. The van der Waals surface area contributed by atoms with E-state index < -0.39 is 5.60 Å². The van der Waals surface area contributed by atoms with Gasteiger partial charge in [-0.05, 0) is 6.07 Å². The third kappa shape index (κ3) is 3.35. The Bertz CT molecular complexity index is 708. The maximum absolute atomic E-state index is 12.7. The average Bonchev–Trinajstić information content (AvgIpc) is 3.12. The van der Waals surface area contributed by atoms with Crippen LogP contribution in [0.3, 0.4) is 0 Å². The standard InChI is InChI=1S/C17H21N5O3/c23-16(14-1-2-18-7-14)22-4-6-25-17(11-22)10-21(3-5-24-12-17)15-8-19-13-20-9-15/h1-2,7-9,13,18H,3-6,10-12H2. The van der Waals surface area contributed by atoms with E-state index in [9.17, 15) is 4.79 Å². The summed E-state index contributed by atoms with van der Waals surface area (Å²) in [7, 11) is 0. The van der Waals surface area contributed by atoms with Crippen LogP contribution in [-0.4, -0.2) is 77.4 Å². The number of hydrogen-bond donors (Lipinski definition) is 1. The van der Waals surface area contributed by atoms with Crippen molar-refractivity contribution in [3.05, 3.63) is 42.7 Å². The molecule has 2 aliphatic heterocycles. The summed E-state index contributed by atoms with van der Waals surface area (Å²) in [5, 5.41) is 0. The van der Waals surface area contributed by atoms with Gasteiger partial charge in [0, 0.05) is 25.5 Å². The topological polar surface area (TPSA) is 83.6 Å². The fourth-order valence-electron chi connectivity index (χ4n) is 3.42. The molecule has 0 bridgehead atoms. The maximum atomic E-state index is 12.7. The molecule has 0 saturated carbocycles. The van der Waals surface area contributed by atoms with Crippen molar-refractivity contribution >= 4 is 11.6 Å². The van der Waals surface area contributed by atoms with Crippen molar-refractivity contribution in [3.8, 4) is 0 Å². The molecule has 0 aromatic carbocycles. The SMILES string of the molecule is O=C(c1cc[nH]c1)N1CCOC2(COCCN(c3cncnc3)C2)C1. The smallest absolute Gasteiger partial charge is 0.255 e. The van der Waals surface area contributed by atoms with Gasteiger partial charge < -0.3 is 24.3 Å². The van der Waals surface area contributed by atoms with Crippen LogP contribution in [0.1, 0.15) is 10.4 Å². The number of nitrogens with zero attached hydrogens (tertiary/aromatic N) is 4. The average molecular weight is 343 g/mol. The second-order valence-electron chi connectivity index (χ2n) is 6.43. The van der Waals surface area contributed by atoms with Gasteiger partial charge in [0.25, 0.3) is 5.91 Å². The Morgan fingerprint density at radius 3 is 2.88 bits per heavy atom. The summed E-state index contributed by atoms with van der Waals surface area (Å²) >= 11 is 0. The number of amides is 1. The zero-order valence-electron chi connectivity index (χ0n) is 13.9. The van der Waals surface area contributed by atoms with Crippen molar-refractivity contribution in [2.75, 3.05) is 50.9 Å². The first-order valence-corrected chi connectivity index (χ1v) is 8.40. The highest BCUT2D eigenvalue weighted by molar-refractivity contribution is 5.94. The van der Waals surface area contributed by atoms with Crippen molar-refractivity contribution in [2.24, 2.45) is 0 Å². The summed E-state index contributed by atoms with van der Waals surface area (Å²) in [5.74, 6) is 0.0165. The van der Waals surface area contributed by atoms with Gasteiger partial charge in [0.1, 0.15) is 11.9 Å². The first kappa shape index (κ1) is 16.0. The van der Waals surface area contributed by atoms with Gasteiger partial charge in [-0.2, -0.15) is 0 Å². The molecule has 0 radical (unpaired) electrons. The molecule has 4 heterocycles. The first-order chi connectivity index (χ1) is 12.3. The summed E-state index contributed by atoms with van der Waals surface area (Å²) in [6.07, 6.45) is 8.58. The minimum absolute atomic E-state index is 0.0165. The largest absolute Gasteiger partial charge is 0.376 e. The number of carbonyl (C=O) groups is 1.